The molecule has 0 bridgehead atoms. The quantitative estimate of drug-likeness (QED) is 0.476. The maximum absolute atomic E-state index is 13.4. The monoisotopic (exact) mass is 592 g/mol. The van der Waals surface area contributed by atoms with E-state index in [1.54, 1.807) is 45.2 Å². The molecule has 0 spiro atoms. The average molecular weight is 593 g/mol. The van der Waals surface area contributed by atoms with Gasteiger partial charge in [-0.1, -0.05) is 17.7 Å². The molecule has 40 heavy (non-hydrogen) atoms. The minimum atomic E-state index is -3.69. The Hall–Kier alpha value is -3.12. The molecule has 2 N–H and O–H groups in total. The lowest BCUT2D eigenvalue weighted by Gasteiger charge is -2.28. The minimum absolute atomic E-state index is 0.0363. The molecule has 2 aromatic rings. The lowest BCUT2D eigenvalue weighted by molar-refractivity contribution is -0.127. The number of amides is 3. The Morgan fingerprint density at radius 2 is 1.88 bits per heavy atom. The summed E-state index contributed by atoms with van der Waals surface area (Å²) in [5.74, 6) is -0.743. The number of fused-ring (bicyclic) bond motifs is 1. The zero-order chi connectivity index (χ0) is 28.9. The number of ether oxygens (including phenoxy) is 2. The molecule has 3 aliphatic rings. The highest BCUT2D eigenvalue weighted by molar-refractivity contribution is 7.90. The number of pyridine rings is 1. The number of carbonyl (C=O) groups is 3. The highest BCUT2D eigenvalue weighted by atomic mass is 35.5. The number of nitrogens with one attached hydrogen (secondary N) is 2. The maximum atomic E-state index is 13.4. The zero-order valence-electron chi connectivity index (χ0n) is 22.6. The molecule has 13 heteroatoms. The van der Waals surface area contributed by atoms with Gasteiger partial charge in [-0.3, -0.25) is 19.2 Å². The predicted octanol–water partition coefficient (Wildman–Crippen LogP) is 3.15. The van der Waals surface area contributed by atoms with E-state index in [0.717, 1.165) is 5.39 Å². The van der Waals surface area contributed by atoms with Crippen LogP contribution in [0.5, 0.6) is 5.88 Å². The van der Waals surface area contributed by atoms with Crippen LogP contribution in [-0.4, -0.2) is 72.3 Å². The van der Waals surface area contributed by atoms with Crippen molar-refractivity contribution in [1.29, 1.82) is 0 Å². The fourth-order valence-corrected chi connectivity index (χ4v) is 6.39. The number of hydrogen-bond donors (Lipinski definition) is 2. The Bertz CT molecular complexity index is 1450. The van der Waals surface area contributed by atoms with Gasteiger partial charge in [-0.15, -0.1) is 0 Å². The van der Waals surface area contributed by atoms with Gasteiger partial charge in [0, 0.05) is 35.0 Å². The first-order chi connectivity index (χ1) is 18.8. The Balaban J connectivity index is 1.29. The van der Waals surface area contributed by atoms with Crippen LogP contribution in [0, 0.1) is 5.41 Å². The maximum Gasteiger partial charge on any atom is 0.411 e. The number of hydrogen-bond acceptors (Lipinski definition) is 8. The van der Waals surface area contributed by atoms with E-state index in [1.165, 1.54) is 4.90 Å². The average Bonchev–Trinajstić information content (AvgIpc) is 3.79. The van der Waals surface area contributed by atoms with Crippen LogP contribution in [0.15, 0.2) is 30.5 Å². The molecule has 1 aromatic carbocycles. The normalized spacial score (nSPS) is 22.1. The molecule has 1 aromatic heterocycles. The molecule has 11 nitrogen and oxygen atoms in total. The summed E-state index contributed by atoms with van der Waals surface area (Å²) in [6.07, 6.45) is 2.51. The fourth-order valence-electron chi connectivity index (χ4n) is 4.76. The number of likely N-dealkylation sites (tertiary alicyclic amines) is 1. The van der Waals surface area contributed by atoms with E-state index in [4.69, 9.17) is 21.1 Å². The number of benzene rings is 1. The van der Waals surface area contributed by atoms with Gasteiger partial charge in [-0.2, -0.15) is 0 Å². The first-order valence-electron chi connectivity index (χ1n) is 13.3. The van der Waals surface area contributed by atoms with Gasteiger partial charge in [0.05, 0.1) is 17.2 Å². The summed E-state index contributed by atoms with van der Waals surface area (Å²) in [4.78, 5) is 44.9. The smallest absolute Gasteiger partial charge is 0.411 e. The highest BCUT2D eigenvalue weighted by Crippen LogP contribution is 2.46. The third-order valence-electron chi connectivity index (χ3n) is 7.32. The van der Waals surface area contributed by atoms with Gasteiger partial charge in [-0.25, -0.2) is 18.2 Å². The van der Waals surface area contributed by atoms with Crippen LogP contribution in [-0.2, 0) is 24.3 Å². The van der Waals surface area contributed by atoms with E-state index in [9.17, 15) is 22.8 Å². The summed E-state index contributed by atoms with van der Waals surface area (Å²) in [7, 11) is -3.69. The second-order valence-electron chi connectivity index (χ2n) is 11.7. The number of carbonyl (C=O) groups excluding carboxylic acids is 3. The van der Waals surface area contributed by atoms with Gasteiger partial charge in [0.2, 0.25) is 27.7 Å². The van der Waals surface area contributed by atoms with Crippen LogP contribution in [0.1, 0.15) is 52.9 Å². The molecule has 0 radical (unpaired) electrons. The molecule has 3 amide bonds. The summed E-state index contributed by atoms with van der Waals surface area (Å²) < 4.78 is 38.4. The summed E-state index contributed by atoms with van der Waals surface area (Å²) in [5.41, 5.74) is -1.76. The number of aromatic nitrogens is 1. The molecule has 2 atom stereocenters. The number of rotatable bonds is 8. The summed E-state index contributed by atoms with van der Waals surface area (Å²) in [6.45, 7) is 5.25. The van der Waals surface area contributed by atoms with Crippen LogP contribution in [0.25, 0.3) is 10.8 Å². The first-order valence-corrected chi connectivity index (χ1v) is 15.2. The van der Waals surface area contributed by atoms with Crippen LogP contribution in [0.4, 0.5) is 4.79 Å². The molecule has 2 saturated carbocycles. The van der Waals surface area contributed by atoms with Gasteiger partial charge >= 0.3 is 6.09 Å². The predicted molar refractivity (Wildman–Crippen MR) is 147 cm³/mol. The third-order valence-corrected chi connectivity index (χ3v) is 9.47. The molecule has 1 saturated heterocycles. The van der Waals surface area contributed by atoms with Gasteiger partial charge in [0.25, 0.3) is 0 Å². The third kappa shape index (κ3) is 6.12. The van der Waals surface area contributed by atoms with Crippen molar-refractivity contribution in [2.75, 3.05) is 13.1 Å². The van der Waals surface area contributed by atoms with E-state index >= 15 is 0 Å². The summed E-state index contributed by atoms with van der Waals surface area (Å²) in [6, 6.07) is 6.24. The van der Waals surface area contributed by atoms with E-state index in [2.05, 4.69) is 15.0 Å². The van der Waals surface area contributed by atoms with Crippen LogP contribution < -0.4 is 14.8 Å². The molecule has 2 aliphatic carbocycles. The van der Waals surface area contributed by atoms with Crippen LogP contribution in [0.3, 0.4) is 0 Å². The highest BCUT2D eigenvalue weighted by Gasteiger charge is 2.53. The fraction of sp³-hybridized carbons (Fsp3) is 0.556. The van der Waals surface area contributed by atoms with Gasteiger partial charge in [-0.05, 0) is 64.7 Å². The second kappa shape index (κ2) is 10.4. The van der Waals surface area contributed by atoms with Crippen molar-refractivity contribution < 1.29 is 32.3 Å². The SMILES string of the molecule is CC(C)(C)OC(=O)N1C[C@H](Oc2nccc3c(Cl)cccc23)CC1C(=O)NCC1(C(=O)NS(=O)(=O)C2CC2)CC1. The number of nitrogens with zero attached hydrogens (tertiary/aromatic N) is 2. The van der Waals surface area contributed by atoms with Crippen molar-refractivity contribution in [3.8, 4) is 5.88 Å². The Morgan fingerprint density at radius 1 is 1.15 bits per heavy atom. The lowest BCUT2D eigenvalue weighted by Crippen LogP contribution is -2.50. The van der Waals surface area contributed by atoms with Crippen molar-refractivity contribution in [3.63, 3.8) is 0 Å². The van der Waals surface area contributed by atoms with Crippen LogP contribution in [0.2, 0.25) is 5.02 Å². The van der Waals surface area contributed by atoms with Gasteiger partial charge < -0.3 is 14.8 Å². The zero-order valence-corrected chi connectivity index (χ0v) is 24.2. The number of sulfonamides is 1. The molecule has 2 heterocycles. The van der Waals surface area contributed by atoms with Crippen molar-refractivity contribution >= 4 is 50.3 Å². The Morgan fingerprint density at radius 3 is 2.52 bits per heavy atom. The summed E-state index contributed by atoms with van der Waals surface area (Å²) in [5, 5.41) is 4.27. The molecule has 5 rings (SSSR count). The largest absolute Gasteiger partial charge is 0.472 e. The number of halogens is 1. The lowest BCUT2D eigenvalue weighted by atomic mass is 10.1. The van der Waals surface area contributed by atoms with Crippen molar-refractivity contribution in [2.24, 2.45) is 5.41 Å². The summed E-state index contributed by atoms with van der Waals surface area (Å²) >= 11 is 6.32. The second-order valence-corrected chi connectivity index (χ2v) is 14.1. The first kappa shape index (κ1) is 28.4. The van der Waals surface area contributed by atoms with E-state index in [-0.39, 0.29) is 19.5 Å². The minimum Gasteiger partial charge on any atom is -0.472 e. The van der Waals surface area contributed by atoms with E-state index in [1.807, 2.05) is 6.07 Å². The van der Waals surface area contributed by atoms with Crippen LogP contribution >= 0.6 is 11.6 Å². The Labute approximate surface area is 238 Å². The molecule has 3 fully saturated rings. The topological polar surface area (TPSA) is 144 Å². The van der Waals surface area contributed by atoms with Crippen molar-refractivity contribution in [2.45, 2.75) is 75.9 Å². The molecule has 1 unspecified atom stereocenters. The molecule has 216 valence electrons. The molecular weight excluding hydrogens is 560 g/mol. The van der Waals surface area contributed by atoms with Crippen molar-refractivity contribution in [1.82, 2.24) is 19.9 Å². The molecular formula is C27H33ClN4O7S. The van der Waals surface area contributed by atoms with E-state index < -0.39 is 56.3 Å². The Kier molecular flexibility index (Phi) is 7.37. The van der Waals surface area contributed by atoms with E-state index in [0.29, 0.717) is 42.0 Å². The standard InChI is InChI=1S/C27H33ClN4O7S/c1-26(2,3)39-25(35)32-14-16(38-23-19-5-4-6-20(28)18(19)9-12-29-23)13-21(32)22(33)30-15-27(10-11-27)24(34)31-40(36,37)17-7-8-17/h4-6,9,12,16-17,21H,7-8,10-11,13-15H2,1-3H3,(H,30,33)(H,31,34)/t16-,21?/m1/s1. The van der Waals surface area contributed by atoms with Gasteiger partial charge in [0.1, 0.15) is 17.7 Å². The van der Waals surface area contributed by atoms with Crippen molar-refractivity contribution in [3.05, 3.63) is 35.5 Å². The molecule has 1 aliphatic heterocycles. The van der Waals surface area contributed by atoms with Gasteiger partial charge in [0.15, 0.2) is 0 Å².